The number of hydrogen-bond donors (Lipinski definition) is 2. The van der Waals surface area contributed by atoms with Gasteiger partial charge in [0.05, 0.1) is 19.4 Å². The van der Waals surface area contributed by atoms with Crippen LogP contribution in [0.25, 0.3) is 0 Å². The number of nitrogens with one attached hydrogen (secondary N) is 1. The first kappa shape index (κ1) is 14.1. The normalized spacial score (nSPS) is 19.7. The van der Waals surface area contributed by atoms with Crippen molar-refractivity contribution in [3.63, 3.8) is 0 Å². The summed E-state index contributed by atoms with van der Waals surface area (Å²) in [6, 6.07) is 3.38. The van der Waals surface area contributed by atoms with Gasteiger partial charge in [0.15, 0.2) is 0 Å². The molecular weight excluding hydrogens is 246 g/mol. The summed E-state index contributed by atoms with van der Waals surface area (Å²) < 4.78 is 10.6. The standard InChI is InChI=1S/C14H21NO4/c1-10(19-8-11-5-6-11)13(16)15-9-14(2,17)12-4-3-7-18-12/h3-4,7,10-11,17H,5-6,8-9H2,1-2H3,(H,15,16). The van der Waals surface area contributed by atoms with Crippen LogP contribution < -0.4 is 5.32 Å². The van der Waals surface area contributed by atoms with Crippen LogP contribution in [0.4, 0.5) is 0 Å². The molecule has 0 radical (unpaired) electrons. The molecular formula is C14H21NO4. The van der Waals surface area contributed by atoms with E-state index in [0.29, 0.717) is 18.3 Å². The third-order valence-corrected chi connectivity index (χ3v) is 3.31. The Labute approximate surface area is 112 Å². The van der Waals surface area contributed by atoms with Gasteiger partial charge in [0.25, 0.3) is 0 Å². The molecule has 1 saturated carbocycles. The van der Waals surface area contributed by atoms with Gasteiger partial charge >= 0.3 is 0 Å². The Hall–Kier alpha value is -1.33. The van der Waals surface area contributed by atoms with Crippen LogP contribution in [0, 0.1) is 5.92 Å². The van der Waals surface area contributed by atoms with Crippen LogP contribution in [-0.2, 0) is 15.1 Å². The summed E-state index contributed by atoms with van der Waals surface area (Å²) in [5.74, 6) is 0.841. The van der Waals surface area contributed by atoms with Crippen molar-refractivity contribution in [3.8, 4) is 0 Å². The average molecular weight is 267 g/mol. The summed E-state index contributed by atoms with van der Waals surface area (Å²) in [6.07, 6.45) is 3.39. The van der Waals surface area contributed by atoms with Gasteiger partial charge in [0.2, 0.25) is 5.91 Å². The molecule has 2 N–H and O–H groups in total. The maximum atomic E-state index is 11.8. The zero-order valence-corrected chi connectivity index (χ0v) is 11.4. The van der Waals surface area contributed by atoms with E-state index in [9.17, 15) is 9.90 Å². The summed E-state index contributed by atoms with van der Waals surface area (Å²) in [7, 11) is 0. The Morgan fingerprint density at radius 2 is 2.42 bits per heavy atom. The molecule has 2 unspecified atom stereocenters. The SMILES string of the molecule is CC(OCC1CC1)C(=O)NCC(C)(O)c1ccco1. The molecule has 1 aliphatic rings. The van der Waals surface area contributed by atoms with Crippen molar-refractivity contribution in [1.29, 1.82) is 0 Å². The quantitative estimate of drug-likeness (QED) is 0.783. The molecule has 1 aromatic rings. The number of ether oxygens (including phenoxy) is 1. The van der Waals surface area contributed by atoms with E-state index in [-0.39, 0.29) is 12.5 Å². The number of aliphatic hydroxyl groups is 1. The van der Waals surface area contributed by atoms with Crippen LogP contribution in [0.15, 0.2) is 22.8 Å². The molecule has 5 heteroatoms. The van der Waals surface area contributed by atoms with Gasteiger partial charge in [0.1, 0.15) is 17.5 Å². The summed E-state index contributed by atoms with van der Waals surface area (Å²) in [6.45, 7) is 4.06. The minimum Gasteiger partial charge on any atom is -0.466 e. The third kappa shape index (κ3) is 4.08. The first-order valence-corrected chi connectivity index (χ1v) is 6.65. The van der Waals surface area contributed by atoms with Crippen molar-refractivity contribution in [1.82, 2.24) is 5.32 Å². The maximum Gasteiger partial charge on any atom is 0.248 e. The van der Waals surface area contributed by atoms with Gasteiger partial charge < -0.3 is 19.6 Å². The van der Waals surface area contributed by atoms with Crippen LogP contribution in [0.2, 0.25) is 0 Å². The summed E-state index contributed by atoms with van der Waals surface area (Å²) in [5.41, 5.74) is -1.21. The fourth-order valence-corrected chi connectivity index (χ4v) is 1.72. The molecule has 1 aliphatic carbocycles. The predicted molar refractivity (Wildman–Crippen MR) is 69.4 cm³/mol. The molecule has 1 fully saturated rings. The molecule has 1 heterocycles. The monoisotopic (exact) mass is 267 g/mol. The minimum absolute atomic E-state index is 0.0937. The molecule has 0 aromatic carbocycles. The smallest absolute Gasteiger partial charge is 0.248 e. The number of hydrogen-bond acceptors (Lipinski definition) is 4. The van der Waals surface area contributed by atoms with E-state index in [1.807, 2.05) is 0 Å². The predicted octanol–water partition coefficient (Wildman–Crippen LogP) is 1.42. The lowest BCUT2D eigenvalue weighted by atomic mass is 10.0. The zero-order chi connectivity index (χ0) is 13.9. The second kappa shape index (κ2) is 5.75. The van der Waals surface area contributed by atoms with E-state index in [4.69, 9.17) is 9.15 Å². The van der Waals surface area contributed by atoms with Crippen LogP contribution in [0.5, 0.6) is 0 Å². The molecule has 1 amide bonds. The number of furan rings is 1. The molecule has 19 heavy (non-hydrogen) atoms. The number of carbonyl (C=O) groups is 1. The lowest BCUT2D eigenvalue weighted by Crippen LogP contribution is -2.42. The number of carbonyl (C=O) groups excluding carboxylic acids is 1. The van der Waals surface area contributed by atoms with Crippen molar-refractivity contribution < 1.29 is 19.1 Å². The van der Waals surface area contributed by atoms with Gasteiger partial charge in [-0.1, -0.05) is 0 Å². The molecule has 106 valence electrons. The van der Waals surface area contributed by atoms with E-state index < -0.39 is 11.7 Å². The highest BCUT2D eigenvalue weighted by Crippen LogP contribution is 2.29. The minimum atomic E-state index is -1.21. The van der Waals surface area contributed by atoms with Gasteiger partial charge in [-0.3, -0.25) is 4.79 Å². The summed E-state index contributed by atoms with van der Waals surface area (Å²) >= 11 is 0. The second-order valence-corrected chi connectivity index (χ2v) is 5.39. The molecule has 2 atom stereocenters. The molecule has 0 spiro atoms. The van der Waals surface area contributed by atoms with Crippen LogP contribution in [0.3, 0.4) is 0 Å². The van der Waals surface area contributed by atoms with Crippen molar-refractivity contribution in [2.75, 3.05) is 13.2 Å². The van der Waals surface area contributed by atoms with Crippen molar-refractivity contribution in [3.05, 3.63) is 24.2 Å². The fraction of sp³-hybridized carbons (Fsp3) is 0.643. The second-order valence-electron chi connectivity index (χ2n) is 5.39. The van der Waals surface area contributed by atoms with E-state index in [1.54, 1.807) is 26.0 Å². The molecule has 0 aliphatic heterocycles. The first-order chi connectivity index (χ1) is 8.99. The Morgan fingerprint density at radius 3 is 3.00 bits per heavy atom. The summed E-state index contributed by atoms with van der Waals surface area (Å²) in [5, 5.41) is 12.9. The van der Waals surface area contributed by atoms with Gasteiger partial charge in [0, 0.05) is 0 Å². The summed E-state index contributed by atoms with van der Waals surface area (Å²) in [4.78, 5) is 11.8. The Morgan fingerprint density at radius 1 is 1.68 bits per heavy atom. The van der Waals surface area contributed by atoms with E-state index in [1.165, 1.54) is 19.1 Å². The maximum absolute atomic E-state index is 11.8. The molecule has 1 aromatic heterocycles. The van der Waals surface area contributed by atoms with E-state index in [0.717, 1.165) is 0 Å². The van der Waals surface area contributed by atoms with Crippen LogP contribution in [0.1, 0.15) is 32.4 Å². The third-order valence-electron chi connectivity index (χ3n) is 3.31. The highest BCUT2D eigenvalue weighted by Gasteiger charge is 2.28. The van der Waals surface area contributed by atoms with Crippen LogP contribution in [-0.4, -0.2) is 30.3 Å². The molecule has 0 saturated heterocycles. The van der Waals surface area contributed by atoms with Gasteiger partial charge in [-0.15, -0.1) is 0 Å². The number of amides is 1. The molecule has 2 rings (SSSR count). The van der Waals surface area contributed by atoms with Gasteiger partial charge in [-0.25, -0.2) is 0 Å². The topological polar surface area (TPSA) is 71.7 Å². The zero-order valence-electron chi connectivity index (χ0n) is 11.4. The lowest BCUT2D eigenvalue weighted by molar-refractivity contribution is -0.133. The highest BCUT2D eigenvalue weighted by atomic mass is 16.5. The average Bonchev–Trinajstić information content (AvgIpc) is 3.03. The van der Waals surface area contributed by atoms with Gasteiger partial charge in [-0.05, 0) is 44.7 Å². The molecule has 5 nitrogen and oxygen atoms in total. The highest BCUT2D eigenvalue weighted by molar-refractivity contribution is 5.80. The Kier molecular flexibility index (Phi) is 4.27. The van der Waals surface area contributed by atoms with Crippen molar-refractivity contribution in [2.24, 2.45) is 5.92 Å². The number of rotatable bonds is 7. The van der Waals surface area contributed by atoms with Crippen molar-refractivity contribution >= 4 is 5.91 Å². The fourth-order valence-electron chi connectivity index (χ4n) is 1.72. The molecule has 0 bridgehead atoms. The largest absolute Gasteiger partial charge is 0.466 e. The van der Waals surface area contributed by atoms with Crippen LogP contribution >= 0.6 is 0 Å². The lowest BCUT2D eigenvalue weighted by Gasteiger charge is -2.22. The first-order valence-electron chi connectivity index (χ1n) is 6.65. The van der Waals surface area contributed by atoms with E-state index in [2.05, 4.69) is 5.32 Å². The Bertz CT molecular complexity index is 409. The van der Waals surface area contributed by atoms with E-state index >= 15 is 0 Å². The van der Waals surface area contributed by atoms with Crippen molar-refractivity contribution in [2.45, 2.75) is 38.4 Å². The Balaban J connectivity index is 1.75. The van der Waals surface area contributed by atoms with Gasteiger partial charge in [-0.2, -0.15) is 0 Å².